The predicted molar refractivity (Wildman–Crippen MR) is 119 cm³/mol. The van der Waals surface area contributed by atoms with Gasteiger partial charge in [-0.05, 0) is 37.3 Å². The van der Waals surface area contributed by atoms with Crippen molar-refractivity contribution >= 4 is 22.6 Å². The van der Waals surface area contributed by atoms with Crippen LogP contribution in [0.1, 0.15) is 34.7 Å². The Morgan fingerprint density at radius 2 is 1.77 bits per heavy atom. The van der Waals surface area contributed by atoms with E-state index in [0.717, 1.165) is 42.2 Å². The standard InChI is InChI=1S/C25H24N4O/c1-18(19-8-4-2-5-9-19)28-14-15-29-23-13-12-21(16-22(23)27-24(29)17-28)26-25(30)20-10-6-3-7-11-20/h2-13,16,18H,14-15,17H2,1H3,(H,26,30)/p+1/t18-/m0/s1. The number of carbonyl (C=O) groups excluding carboxylic acids is 1. The molecule has 0 saturated heterocycles. The van der Waals surface area contributed by atoms with Crippen LogP contribution in [0.3, 0.4) is 0 Å². The van der Waals surface area contributed by atoms with E-state index in [9.17, 15) is 4.79 Å². The van der Waals surface area contributed by atoms with Crippen molar-refractivity contribution in [2.24, 2.45) is 0 Å². The highest BCUT2D eigenvalue weighted by atomic mass is 16.1. The molecule has 2 heterocycles. The molecule has 3 aromatic carbocycles. The van der Waals surface area contributed by atoms with Crippen molar-refractivity contribution in [1.82, 2.24) is 9.55 Å². The van der Waals surface area contributed by atoms with E-state index in [0.29, 0.717) is 11.6 Å². The summed E-state index contributed by atoms with van der Waals surface area (Å²) in [5, 5.41) is 2.99. The smallest absolute Gasteiger partial charge is 0.255 e. The summed E-state index contributed by atoms with van der Waals surface area (Å²) >= 11 is 0. The number of imidazole rings is 1. The molecule has 2 N–H and O–H groups in total. The molecule has 0 fully saturated rings. The molecule has 0 aliphatic carbocycles. The zero-order valence-corrected chi connectivity index (χ0v) is 17.0. The summed E-state index contributed by atoms with van der Waals surface area (Å²) in [6.45, 7) is 5.21. The van der Waals surface area contributed by atoms with Crippen LogP contribution in [0.15, 0.2) is 78.9 Å². The van der Waals surface area contributed by atoms with Gasteiger partial charge in [0.05, 0.1) is 24.1 Å². The van der Waals surface area contributed by atoms with E-state index in [4.69, 9.17) is 4.98 Å². The van der Waals surface area contributed by atoms with Crippen molar-refractivity contribution in [2.45, 2.75) is 26.1 Å². The van der Waals surface area contributed by atoms with E-state index >= 15 is 0 Å². The normalized spacial score (nSPS) is 16.8. The molecular formula is C25H25N4O+. The summed E-state index contributed by atoms with van der Waals surface area (Å²) in [4.78, 5) is 18.9. The molecule has 0 spiro atoms. The number of amides is 1. The summed E-state index contributed by atoms with van der Waals surface area (Å²) in [5.41, 5.74) is 4.85. The van der Waals surface area contributed by atoms with Crippen LogP contribution in [-0.2, 0) is 13.1 Å². The van der Waals surface area contributed by atoms with Gasteiger partial charge in [0.2, 0.25) is 0 Å². The lowest BCUT2D eigenvalue weighted by Crippen LogP contribution is -3.12. The van der Waals surface area contributed by atoms with Gasteiger partial charge in [0, 0.05) is 16.8 Å². The second-order valence-corrected chi connectivity index (χ2v) is 7.92. The zero-order chi connectivity index (χ0) is 20.5. The van der Waals surface area contributed by atoms with Crippen molar-refractivity contribution < 1.29 is 9.69 Å². The molecular weight excluding hydrogens is 372 g/mol. The zero-order valence-electron chi connectivity index (χ0n) is 17.0. The molecule has 5 rings (SSSR count). The first kappa shape index (κ1) is 18.6. The van der Waals surface area contributed by atoms with Crippen LogP contribution in [0.25, 0.3) is 11.0 Å². The molecule has 1 unspecified atom stereocenters. The van der Waals surface area contributed by atoms with Crippen LogP contribution in [0.4, 0.5) is 5.69 Å². The quantitative estimate of drug-likeness (QED) is 0.554. The number of quaternary nitrogens is 1. The summed E-state index contributed by atoms with van der Waals surface area (Å²) < 4.78 is 2.32. The molecule has 1 aliphatic rings. The number of nitrogens with one attached hydrogen (secondary N) is 2. The van der Waals surface area contributed by atoms with E-state index in [1.807, 2.05) is 42.5 Å². The van der Waals surface area contributed by atoms with Gasteiger partial charge in [-0.1, -0.05) is 48.5 Å². The fraction of sp³-hybridized carbons (Fsp3) is 0.200. The minimum Gasteiger partial charge on any atom is -0.322 e. The fourth-order valence-electron chi connectivity index (χ4n) is 4.33. The average molecular weight is 398 g/mol. The molecule has 0 radical (unpaired) electrons. The van der Waals surface area contributed by atoms with Gasteiger partial charge in [0.1, 0.15) is 12.6 Å². The Morgan fingerprint density at radius 3 is 2.53 bits per heavy atom. The monoisotopic (exact) mass is 397 g/mol. The third-order valence-corrected chi connectivity index (χ3v) is 6.07. The van der Waals surface area contributed by atoms with Crippen LogP contribution in [0.2, 0.25) is 0 Å². The Morgan fingerprint density at radius 1 is 1.03 bits per heavy atom. The molecule has 4 aromatic rings. The van der Waals surface area contributed by atoms with Crippen LogP contribution in [0, 0.1) is 0 Å². The van der Waals surface area contributed by atoms with Gasteiger partial charge in [-0.25, -0.2) is 4.98 Å². The topological polar surface area (TPSA) is 51.4 Å². The van der Waals surface area contributed by atoms with Crippen LogP contribution >= 0.6 is 0 Å². The number of anilines is 1. The molecule has 150 valence electrons. The maximum Gasteiger partial charge on any atom is 0.255 e. The third-order valence-electron chi connectivity index (χ3n) is 6.07. The second-order valence-electron chi connectivity index (χ2n) is 7.92. The van der Waals surface area contributed by atoms with E-state index in [1.165, 1.54) is 10.5 Å². The van der Waals surface area contributed by atoms with Crippen molar-refractivity contribution in [3.05, 3.63) is 95.8 Å². The summed E-state index contributed by atoms with van der Waals surface area (Å²) in [5.74, 6) is 1.01. The maximum absolute atomic E-state index is 12.5. The Kier molecular flexibility index (Phi) is 4.81. The summed E-state index contributed by atoms with van der Waals surface area (Å²) in [6, 6.07) is 26.4. The van der Waals surface area contributed by atoms with Gasteiger partial charge in [0.15, 0.2) is 5.82 Å². The average Bonchev–Trinajstić information content (AvgIpc) is 3.16. The second kappa shape index (κ2) is 7.76. The van der Waals surface area contributed by atoms with E-state index in [1.54, 1.807) is 0 Å². The van der Waals surface area contributed by atoms with Crippen molar-refractivity contribution in [3.63, 3.8) is 0 Å². The number of fused-ring (bicyclic) bond motifs is 3. The highest BCUT2D eigenvalue weighted by Crippen LogP contribution is 2.22. The molecule has 30 heavy (non-hydrogen) atoms. The highest BCUT2D eigenvalue weighted by molar-refractivity contribution is 6.04. The molecule has 5 heteroatoms. The minimum absolute atomic E-state index is 0.105. The first-order valence-corrected chi connectivity index (χ1v) is 10.4. The van der Waals surface area contributed by atoms with Gasteiger partial charge in [-0.3, -0.25) is 4.79 Å². The van der Waals surface area contributed by atoms with Crippen LogP contribution in [-0.4, -0.2) is 22.0 Å². The van der Waals surface area contributed by atoms with Crippen molar-refractivity contribution in [2.75, 3.05) is 11.9 Å². The van der Waals surface area contributed by atoms with Gasteiger partial charge in [0.25, 0.3) is 5.91 Å². The minimum atomic E-state index is -0.105. The lowest BCUT2D eigenvalue weighted by Gasteiger charge is -2.30. The molecule has 1 amide bonds. The fourth-order valence-corrected chi connectivity index (χ4v) is 4.33. The number of hydrogen-bond donors (Lipinski definition) is 2. The molecule has 1 aliphatic heterocycles. The van der Waals surface area contributed by atoms with Gasteiger partial charge in [-0.2, -0.15) is 0 Å². The Bertz CT molecular complexity index is 1180. The van der Waals surface area contributed by atoms with E-state index < -0.39 is 0 Å². The SMILES string of the molecule is C[C@@H](c1ccccc1)[NH+]1CCn2c(nc3cc(NC(=O)c4ccccc4)ccc32)C1. The maximum atomic E-state index is 12.5. The Labute approximate surface area is 176 Å². The number of hydrogen-bond acceptors (Lipinski definition) is 2. The summed E-state index contributed by atoms with van der Waals surface area (Å²) in [6.07, 6.45) is 0. The number of aromatic nitrogens is 2. The van der Waals surface area contributed by atoms with Crippen molar-refractivity contribution in [3.8, 4) is 0 Å². The lowest BCUT2D eigenvalue weighted by atomic mass is 10.1. The van der Waals surface area contributed by atoms with Crippen LogP contribution in [0.5, 0.6) is 0 Å². The van der Waals surface area contributed by atoms with Gasteiger partial charge in [-0.15, -0.1) is 0 Å². The highest BCUT2D eigenvalue weighted by Gasteiger charge is 2.27. The number of nitrogens with zero attached hydrogens (tertiary/aromatic N) is 2. The van der Waals surface area contributed by atoms with Crippen LogP contribution < -0.4 is 10.2 Å². The largest absolute Gasteiger partial charge is 0.322 e. The third kappa shape index (κ3) is 3.48. The molecule has 0 bridgehead atoms. The first-order valence-electron chi connectivity index (χ1n) is 10.4. The predicted octanol–water partition coefficient (Wildman–Crippen LogP) is 3.45. The number of rotatable bonds is 4. The number of benzene rings is 3. The number of carbonyl (C=O) groups is 1. The molecule has 0 saturated carbocycles. The first-order chi connectivity index (χ1) is 14.7. The molecule has 1 aromatic heterocycles. The van der Waals surface area contributed by atoms with E-state index in [-0.39, 0.29) is 5.91 Å². The molecule has 5 nitrogen and oxygen atoms in total. The Balaban J connectivity index is 1.37. The molecule has 2 atom stereocenters. The Hall–Kier alpha value is -3.44. The van der Waals surface area contributed by atoms with Gasteiger partial charge >= 0.3 is 0 Å². The van der Waals surface area contributed by atoms with E-state index in [2.05, 4.69) is 53.2 Å². The lowest BCUT2D eigenvalue weighted by molar-refractivity contribution is -0.947. The van der Waals surface area contributed by atoms with Crippen molar-refractivity contribution in [1.29, 1.82) is 0 Å². The summed E-state index contributed by atoms with van der Waals surface area (Å²) in [7, 11) is 0. The van der Waals surface area contributed by atoms with Gasteiger partial charge < -0.3 is 14.8 Å².